The van der Waals surface area contributed by atoms with Crippen molar-refractivity contribution in [1.29, 1.82) is 0 Å². The molecule has 140 valence electrons. The van der Waals surface area contributed by atoms with E-state index < -0.39 is 16.0 Å². The van der Waals surface area contributed by atoms with Gasteiger partial charge >= 0.3 is 5.97 Å². The Bertz CT molecular complexity index is 913. The summed E-state index contributed by atoms with van der Waals surface area (Å²) in [5, 5.41) is 0. The van der Waals surface area contributed by atoms with E-state index in [1.165, 1.54) is 38.5 Å². The zero-order valence-corrected chi connectivity index (χ0v) is 16.8. The van der Waals surface area contributed by atoms with E-state index in [-0.39, 0.29) is 27.2 Å². The normalized spacial score (nSPS) is 10.9. The molecule has 2 aromatic carbocycles. The lowest BCUT2D eigenvalue weighted by Gasteiger charge is -2.14. The first kappa shape index (κ1) is 20.1. The summed E-state index contributed by atoms with van der Waals surface area (Å²) in [6.45, 7) is 1.92. The molecule has 1 N–H and O–H groups in total. The van der Waals surface area contributed by atoms with Crippen molar-refractivity contribution in [3.63, 3.8) is 0 Å². The van der Waals surface area contributed by atoms with Gasteiger partial charge in [-0.25, -0.2) is 13.2 Å². The second kappa shape index (κ2) is 8.41. The SMILES string of the molecule is CCOC(=O)c1ccc(S(=O)(=O)Nc2cc(OC)ccc2OC)c(Br)c1. The number of benzene rings is 2. The maximum Gasteiger partial charge on any atom is 0.338 e. The molecule has 0 radical (unpaired) electrons. The average Bonchev–Trinajstić information content (AvgIpc) is 2.61. The monoisotopic (exact) mass is 443 g/mol. The first-order chi connectivity index (χ1) is 12.3. The van der Waals surface area contributed by atoms with E-state index in [0.29, 0.717) is 11.5 Å². The van der Waals surface area contributed by atoms with Crippen LogP contribution < -0.4 is 14.2 Å². The molecule has 0 aliphatic rings. The third-order valence-corrected chi connectivity index (χ3v) is 5.73. The summed E-state index contributed by atoms with van der Waals surface area (Å²) in [5.74, 6) is 0.286. The molecular formula is C17H18BrNO6S. The highest BCUT2D eigenvalue weighted by atomic mass is 79.9. The lowest BCUT2D eigenvalue weighted by Crippen LogP contribution is -2.15. The number of carbonyl (C=O) groups is 1. The zero-order chi connectivity index (χ0) is 19.3. The summed E-state index contributed by atoms with van der Waals surface area (Å²) in [5.41, 5.74) is 0.477. The fourth-order valence-corrected chi connectivity index (χ4v) is 4.29. The molecule has 2 rings (SSSR count). The second-order valence-corrected chi connectivity index (χ2v) is 7.54. The Morgan fingerprint density at radius 3 is 2.42 bits per heavy atom. The Morgan fingerprint density at radius 1 is 1.12 bits per heavy atom. The van der Waals surface area contributed by atoms with E-state index in [9.17, 15) is 13.2 Å². The molecule has 0 saturated carbocycles. The van der Waals surface area contributed by atoms with Gasteiger partial charge in [-0.15, -0.1) is 0 Å². The van der Waals surface area contributed by atoms with Crippen LogP contribution in [0.25, 0.3) is 0 Å². The van der Waals surface area contributed by atoms with E-state index in [1.54, 1.807) is 19.1 Å². The molecule has 0 heterocycles. The van der Waals surface area contributed by atoms with E-state index >= 15 is 0 Å². The maximum atomic E-state index is 12.7. The quantitative estimate of drug-likeness (QED) is 0.658. The molecule has 26 heavy (non-hydrogen) atoms. The van der Waals surface area contributed by atoms with E-state index in [4.69, 9.17) is 14.2 Å². The van der Waals surface area contributed by atoms with Crippen LogP contribution in [0.3, 0.4) is 0 Å². The minimum Gasteiger partial charge on any atom is -0.497 e. The van der Waals surface area contributed by atoms with Crippen LogP contribution >= 0.6 is 15.9 Å². The summed E-state index contributed by atoms with van der Waals surface area (Å²) in [6.07, 6.45) is 0. The molecule has 0 unspecified atom stereocenters. The summed E-state index contributed by atoms with van der Waals surface area (Å²) in [7, 11) is -1.03. The Morgan fingerprint density at radius 2 is 1.85 bits per heavy atom. The minimum atomic E-state index is -3.94. The van der Waals surface area contributed by atoms with Crippen molar-refractivity contribution in [2.75, 3.05) is 25.5 Å². The number of anilines is 1. The van der Waals surface area contributed by atoms with Crippen LogP contribution in [0.4, 0.5) is 5.69 Å². The fraction of sp³-hybridized carbons (Fsp3) is 0.235. The summed E-state index contributed by atoms with van der Waals surface area (Å²) in [6, 6.07) is 8.87. The van der Waals surface area contributed by atoms with Gasteiger partial charge in [0.25, 0.3) is 10.0 Å². The second-order valence-electron chi connectivity index (χ2n) is 5.04. The molecule has 0 aromatic heterocycles. The molecule has 9 heteroatoms. The Labute approximate surface area is 160 Å². The standard InChI is InChI=1S/C17H18BrNO6S/c1-4-25-17(20)11-5-8-16(13(18)9-11)26(21,22)19-14-10-12(23-2)6-7-15(14)24-3/h5-10,19H,4H2,1-3H3. The third-order valence-electron chi connectivity index (χ3n) is 3.38. The van der Waals surface area contributed by atoms with Crippen LogP contribution in [0.2, 0.25) is 0 Å². The Hall–Kier alpha value is -2.26. The topological polar surface area (TPSA) is 90.9 Å². The molecule has 2 aromatic rings. The summed E-state index contributed by atoms with van der Waals surface area (Å²) >= 11 is 3.20. The van der Waals surface area contributed by atoms with Crippen LogP contribution in [-0.4, -0.2) is 35.2 Å². The van der Waals surface area contributed by atoms with Crippen molar-refractivity contribution < 1.29 is 27.4 Å². The maximum absolute atomic E-state index is 12.7. The van der Waals surface area contributed by atoms with Gasteiger partial charge in [0, 0.05) is 10.5 Å². The largest absolute Gasteiger partial charge is 0.497 e. The smallest absolute Gasteiger partial charge is 0.338 e. The number of ether oxygens (including phenoxy) is 3. The predicted molar refractivity (Wildman–Crippen MR) is 100 cm³/mol. The van der Waals surface area contributed by atoms with Crippen LogP contribution in [0.15, 0.2) is 45.8 Å². The van der Waals surface area contributed by atoms with Crippen molar-refractivity contribution in [3.8, 4) is 11.5 Å². The van der Waals surface area contributed by atoms with Gasteiger partial charge < -0.3 is 14.2 Å². The number of nitrogens with one attached hydrogen (secondary N) is 1. The van der Waals surface area contributed by atoms with Gasteiger partial charge in [0.05, 0.1) is 32.1 Å². The lowest BCUT2D eigenvalue weighted by molar-refractivity contribution is 0.0526. The van der Waals surface area contributed by atoms with E-state index in [0.717, 1.165) is 0 Å². The minimum absolute atomic E-state index is 0.0320. The molecule has 7 nitrogen and oxygen atoms in total. The molecule has 0 atom stereocenters. The number of esters is 1. The summed E-state index contributed by atoms with van der Waals surface area (Å²) < 4.78 is 43.4. The number of methoxy groups -OCH3 is 2. The number of hydrogen-bond acceptors (Lipinski definition) is 6. The lowest BCUT2D eigenvalue weighted by atomic mass is 10.2. The van der Waals surface area contributed by atoms with Gasteiger partial charge in [-0.1, -0.05) is 0 Å². The number of rotatable bonds is 7. The Balaban J connectivity index is 2.38. The van der Waals surface area contributed by atoms with Crippen LogP contribution in [0, 0.1) is 0 Å². The van der Waals surface area contributed by atoms with Crippen molar-refractivity contribution in [2.45, 2.75) is 11.8 Å². The van der Waals surface area contributed by atoms with Crippen LogP contribution in [-0.2, 0) is 14.8 Å². The van der Waals surface area contributed by atoms with Gasteiger partial charge in [0.15, 0.2) is 0 Å². The molecule has 0 spiro atoms. The van der Waals surface area contributed by atoms with Crippen molar-refractivity contribution >= 4 is 37.6 Å². The highest BCUT2D eigenvalue weighted by molar-refractivity contribution is 9.10. The fourth-order valence-electron chi connectivity index (χ4n) is 2.15. The average molecular weight is 444 g/mol. The van der Waals surface area contributed by atoms with Crippen LogP contribution in [0.5, 0.6) is 11.5 Å². The number of carbonyl (C=O) groups excluding carboxylic acids is 1. The van der Waals surface area contributed by atoms with Crippen molar-refractivity contribution in [3.05, 3.63) is 46.4 Å². The molecule has 0 aliphatic carbocycles. The molecular weight excluding hydrogens is 426 g/mol. The van der Waals surface area contributed by atoms with E-state index in [2.05, 4.69) is 20.7 Å². The first-order valence-electron chi connectivity index (χ1n) is 7.54. The molecule has 0 aliphatic heterocycles. The van der Waals surface area contributed by atoms with Gasteiger partial charge in [-0.2, -0.15) is 0 Å². The highest BCUT2D eigenvalue weighted by Crippen LogP contribution is 2.32. The Kier molecular flexibility index (Phi) is 6.49. The highest BCUT2D eigenvalue weighted by Gasteiger charge is 2.21. The molecule has 0 saturated heterocycles. The molecule has 0 amide bonds. The van der Waals surface area contributed by atoms with Gasteiger partial charge in [0.2, 0.25) is 0 Å². The molecule has 0 bridgehead atoms. The first-order valence-corrected chi connectivity index (χ1v) is 9.81. The number of halogens is 1. The van der Waals surface area contributed by atoms with Crippen molar-refractivity contribution in [1.82, 2.24) is 0 Å². The molecule has 0 fully saturated rings. The van der Waals surface area contributed by atoms with Gasteiger partial charge in [-0.05, 0) is 53.2 Å². The number of hydrogen-bond donors (Lipinski definition) is 1. The number of sulfonamides is 1. The van der Waals surface area contributed by atoms with Crippen LogP contribution in [0.1, 0.15) is 17.3 Å². The van der Waals surface area contributed by atoms with Gasteiger partial charge in [0.1, 0.15) is 16.4 Å². The zero-order valence-electron chi connectivity index (χ0n) is 14.4. The predicted octanol–water partition coefficient (Wildman–Crippen LogP) is 3.44. The third kappa shape index (κ3) is 4.47. The van der Waals surface area contributed by atoms with Crippen molar-refractivity contribution in [2.24, 2.45) is 0 Å². The van der Waals surface area contributed by atoms with E-state index in [1.807, 2.05) is 0 Å². The van der Waals surface area contributed by atoms with Gasteiger partial charge in [-0.3, -0.25) is 4.72 Å². The summed E-state index contributed by atoms with van der Waals surface area (Å²) in [4.78, 5) is 11.7.